The largest absolute Gasteiger partial charge is 0.291 e. The Labute approximate surface area is 98.8 Å². The molecule has 1 rings (SSSR count). The van der Waals surface area contributed by atoms with Crippen LogP contribution < -0.4 is 0 Å². The van der Waals surface area contributed by atoms with Gasteiger partial charge in [0.1, 0.15) is 16.8 Å². The Morgan fingerprint density at radius 1 is 1.53 bits per heavy atom. The number of aromatic nitrogens is 1. The van der Waals surface area contributed by atoms with Crippen molar-refractivity contribution in [3.63, 3.8) is 0 Å². The molecule has 1 heterocycles. The summed E-state index contributed by atoms with van der Waals surface area (Å²) in [7, 11) is 0.426. The second kappa shape index (κ2) is 4.49. The van der Waals surface area contributed by atoms with Crippen LogP contribution in [0.2, 0.25) is 0 Å². The summed E-state index contributed by atoms with van der Waals surface area (Å²) in [4.78, 5) is 11.7. The van der Waals surface area contributed by atoms with Crippen molar-refractivity contribution in [3.05, 3.63) is 27.6 Å². The third kappa shape index (κ3) is 2.67. The Morgan fingerprint density at radius 2 is 2.06 bits per heavy atom. The SMILES string of the molecule is Cc1c([N+](=O)[O-])cnc(C(F)F)c1S(=O)(=O)Cl. The van der Waals surface area contributed by atoms with E-state index in [-0.39, 0.29) is 0 Å². The summed E-state index contributed by atoms with van der Waals surface area (Å²) in [6, 6.07) is 0. The summed E-state index contributed by atoms with van der Waals surface area (Å²) < 4.78 is 47.3. The molecule has 1 aromatic rings. The van der Waals surface area contributed by atoms with Gasteiger partial charge in [-0.2, -0.15) is 0 Å². The molecular formula is C7H5ClF2N2O4S. The summed E-state index contributed by atoms with van der Waals surface area (Å²) in [5, 5.41) is 10.5. The van der Waals surface area contributed by atoms with Crippen molar-refractivity contribution in [3.8, 4) is 0 Å². The predicted molar refractivity (Wildman–Crippen MR) is 53.6 cm³/mol. The van der Waals surface area contributed by atoms with E-state index in [4.69, 9.17) is 10.7 Å². The highest BCUT2D eigenvalue weighted by atomic mass is 35.7. The van der Waals surface area contributed by atoms with Gasteiger partial charge in [0.05, 0.1) is 10.5 Å². The molecule has 0 saturated heterocycles. The minimum atomic E-state index is -4.54. The number of alkyl halides is 2. The first-order valence-corrected chi connectivity index (χ1v) is 6.34. The van der Waals surface area contributed by atoms with Gasteiger partial charge in [-0.3, -0.25) is 10.1 Å². The Bertz CT molecular complexity index is 575. The lowest BCUT2D eigenvalue weighted by atomic mass is 10.2. The third-order valence-corrected chi connectivity index (χ3v) is 3.40. The number of nitro groups is 1. The average Bonchev–Trinajstić information content (AvgIpc) is 2.14. The van der Waals surface area contributed by atoms with Gasteiger partial charge in [0.25, 0.3) is 21.2 Å². The first-order valence-electron chi connectivity index (χ1n) is 4.03. The van der Waals surface area contributed by atoms with E-state index in [2.05, 4.69) is 4.98 Å². The molecular weight excluding hydrogens is 282 g/mol. The zero-order chi connectivity index (χ0) is 13.4. The fourth-order valence-corrected chi connectivity index (χ4v) is 2.69. The fraction of sp³-hybridized carbons (Fsp3) is 0.286. The smallest absolute Gasteiger partial charge is 0.258 e. The maximum absolute atomic E-state index is 12.5. The number of pyridine rings is 1. The van der Waals surface area contributed by atoms with Gasteiger partial charge in [0.2, 0.25) is 0 Å². The van der Waals surface area contributed by atoms with Crippen molar-refractivity contribution in [1.82, 2.24) is 4.98 Å². The summed E-state index contributed by atoms with van der Waals surface area (Å²) in [6.45, 7) is 1.01. The lowest BCUT2D eigenvalue weighted by Crippen LogP contribution is -2.07. The molecule has 0 unspecified atom stereocenters. The Balaban J connectivity index is 3.72. The van der Waals surface area contributed by atoms with Crippen LogP contribution in [0.25, 0.3) is 0 Å². The van der Waals surface area contributed by atoms with E-state index in [9.17, 15) is 27.3 Å². The van der Waals surface area contributed by atoms with Gasteiger partial charge in [0, 0.05) is 10.7 Å². The van der Waals surface area contributed by atoms with Crippen LogP contribution in [0.15, 0.2) is 11.1 Å². The lowest BCUT2D eigenvalue weighted by molar-refractivity contribution is -0.386. The van der Waals surface area contributed by atoms with E-state index >= 15 is 0 Å². The summed E-state index contributed by atoms with van der Waals surface area (Å²) in [5.74, 6) is 0. The van der Waals surface area contributed by atoms with E-state index in [1.165, 1.54) is 0 Å². The molecule has 6 nitrogen and oxygen atoms in total. The van der Waals surface area contributed by atoms with Crippen LogP contribution in [0.4, 0.5) is 14.5 Å². The quantitative estimate of drug-likeness (QED) is 0.482. The highest BCUT2D eigenvalue weighted by molar-refractivity contribution is 8.13. The van der Waals surface area contributed by atoms with E-state index in [1.807, 2.05) is 0 Å². The molecule has 94 valence electrons. The molecule has 0 aromatic carbocycles. The van der Waals surface area contributed by atoms with Gasteiger partial charge in [-0.1, -0.05) is 0 Å². The van der Waals surface area contributed by atoms with E-state index in [0.29, 0.717) is 6.20 Å². The third-order valence-electron chi connectivity index (χ3n) is 1.93. The van der Waals surface area contributed by atoms with Crippen LogP contribution in [0.1, 0.15) is 17.7 Å². The maximum atomic E-state index is 12.5. The van der Waals surface area contributed by atoms with Gasteiger partial charge in [-0.25, -0.2) is 22.2 Å². The molecule has 0 aliphatic rings. The van der Waals surface area contributed by atoms with Crippen LogP contribution in [0.3, 0.4) is 0 Å². The Morgan fingerprint density at radius 3 is 2.41 bits per heavy atom. The van der Waals surface area contributed by atoms with Gasteiger partial charge < -0.3 is 0 Å². The van der Waals surface area contributed by atoms with Crippen LogP contribution >= 0.6 is 10.7 Å². The second-order valence-electron chi connectivity index (χ2n) is 2.98. The molecule has 10 heteroatoms. The van der Waals surface area contributed by atoms with Gasteiger partial charge in [-0.15, -0.1) is 0 Å². The van der Waals surface area contributed by atoms with Crippen molar-refractivity contribution >= 4 is 25.4 Å². The van der Waals surface area contributed by atoms with Crippen LogP contribution in [0, 0.1) is 17.0 Å². The predicted octanol–water partition coefficient (Wildman–Crippen LogP) is 2.16. The van der Waals surface area contributed by atoms with E-state index in [1.54, 1.807) is 0 Å². The topological polar surface area (TPSA) is 90.2 Å². The monoisotopic (exact) mass is 286 g/mol. The first-order chi connectivity index (χ1) is 7.66. The minimum absolute atomic E-state index is 0.463. The molecule has 0 atom stereocenters. The van der Waals surface area contributed by atoms with E-state index in [0.717, 1.165) is 6.92 Å². The fourth-order valence-electron chi connectivity index (χ4n) is 1.24. The highest BCUT2D eigenvalue weighted by Gasteiger charge is 2.30. The number of hydrogen-bond acceptors (Lipinski definition) is 5. The molecule has 0 spiro atoms. The molecule has 0 saturated carbocycles. The lowest BCUT2D eigenvalue weighted by Gasteiger charge is -2.08. The molecule has 1 aromatic heterocycles. The van der Waals surface area contributed by atoms with Gasteiger partial charge >= 0.3 is 0 Å². The number of halogens is 3. The molecule has 0 amide bonds. The minimum Gasteiger partial charge on any atom is -0.258 e. The molecule has 0 aliphatic heterocycles. The molecule has 0 aliphatic carbocycles. The summed E-state index contributed by atoms with van der Waals surface area (Å²) in [6.07, 6.45) is -2.62. The zero-order valence-electron chi connectivity index (χ0n) is 8.22. The summed E-state index contributed by atoms with van der Waals surface area (Å²) in [5.41, 5.74) is -2.24. The van der Waals surface area contributed by atoms with Crippen molar-refractivity contribution < 1.29 is 22.1 Å². The zero-order valence-corrected chi connectivity index (χ0v) is 9.80. The molecule has 0 fully saturated rings. The van der Waals surface area contributed by atoms with Gasteiger partial charge in [0.15, 0.2) is 0 Å². The molecule has 17 heavy (non-hydrogen) atoms. The number of hydrogen-bond donors (Lipinski definition) is 0. The van der Waals surface area contributed by atoms with Crippen molar-refractivity contribution in [2.75, 3.05) is 0 Å². The molecule has 0 radical (unpaired) electrons. The Kier molecular flexibility index (Phi) is 3.62. The summed E-state index contributed by atoms with van der Waals surface area (Å²) >= 11 is 0. The molecule has 0 N–H and O–H groups in total. The van der Waals surface area contributed by atoms with Crippen molar-refractivity contribution in [1.29, 1.82) is 0 Å². The van der Waals surface area contributed by atoms with Crippen molar-refractivity contribution in [2.45, 2.75) is 18.2 Å². The Hall–Kier alpha value is -1.35. The average molecular weight is 287 g/mol. The normalized spacial score (nSPS) is 11.8. The van der Waals surface area contributed by atoms with Crippen LogP contribution in [-0.4, -0.2) is 18.3 Å². The first kappa shape index (κ1) is 13.7. The second-order valence-corrected chi connectivity index (χ2v) is 5.48. The number of rotatable bonds is 3. The van der Waals surface area contributed by atoms with Crippen LogP contribution in [-0.2, 0) is 9.05 Å². The number of nitrogens with zero attached hydrogens (tertiary/aromatic N) is 2. The molecule has 0 bridgehead atoms. The standard InChI is InChI=1S/C7H5ClF2N2O4S/c1-3-4(12(13)14)2-11-5(7(9)10)6(3)17(8,15)16/h2,7H,1H3. The maximum Gasteiger partial charge on any atom is 0.291 e. The van der Waals surface area contributed by atoms with Crippen molar-refractivity contribution in [2.24, 2.45) is 0 Å². The van der Waals surface area contributed by atoms with E-state index < -0.39 is 42.2 Å². The highest BCUT2D eigenvalue weighted by Crippen LogP contribution is 2.33. The van der Waals surface area contributed by atoms with Gasteiger partial charge in [-0.05, 0) is 6.92 Å². The van der Waals surface area contributed by atoms with Crippen LogP contribution in [0.5, 0.6) is 0 Å².